The van der Waals surface area contributed by atoms with Crippen molar-refractivity contribution in [3.63, 3.8) is 0 Å². The number of aliphatic hydroxyl groups excluding tert-OH is 1. The van der Waals surface area contributed by atoms with Gasteiger partial charge in [0.15, 0.2) is 0 Å². The average Bonchev–Trinajstić information content (AvgIpc) is 2.86. The molecule has 110 valence electrons. The Morgan fingerprint density at radius 3 is 2.84 bits per heavy atom. The highest BCUT2D eigenvalue weighted by Gasteiger charge is 2.04. The lowest BCUT2D eigenvalue weighted by molar-refractivity contribution is 0.0215. The third-order valence-electron chi connectivity index (χ3n) is 2.39. The second-order valence-electron chi connectivity index (χ2n) is 4.92. The Morgan fingerprint density at radius 1 is 1.32 bits per heavy atom. The molecule has 2 N–H and O–H groups in total. The maximum atomic E-state index is 9.66. The molecular formula is C14H25NO4. The number of furan rings is 1. The molecule has 1 aromatic heterocycles. The van der Waals surface area contributed by atoms with Crippen molar-refractivity contribution >= 4 is 0 Å². The molecule has 1 atom stereocenters. The number of rotatable bonds is 11. The number of aliphatic hydroxyl groups is 1. The van der Waals surface area contributed by atoms with Crippen LogP contribution in [0.4, 0.5) is 0 Å². The van der Waals surface area contributed by atoms with Crippen molar-refractivity contribution in [1.29, 1.82) is 0 Å². The van der Waals surface area contributed by atoms with Crippen LogP contribution in [0.3, 0.4) is 0 Å². The van der Waals surface area contributed by atoms with E-state index >= 15 is 0 Å². The molecule has 0 aliphatic carbocycles. The second kappa shape index (κ2) is 9.97. The van der Waals surface area contributed by atoms with Gasteiger partial charge in [0.1, 0.15) is 12.4 Å². The van der Waals surface area contributed by atoms with Crippen molar-refractivity contribution in [2.45, 2.75) is 26.6 Å². The Balaban J connectivity index is 1.89. The molecule has 5 nitrogen and oxygen atoms in total. The van der Waals surface area contributed by atoms with Gasteiger partial charge in [-0.2, -0.15) is 0 Å². The average molecular weight is 271 g/mol. The van der Waals surface area contributed by atoms with Crippen LogP contribution in [0.25, 0.3) is 0 Å². The van der Waals surface area contributed by atoms with E-state index in [0.29, 0.717) is 32.3 Å². The lowest BCUT2D eigenvalue weighted by Crippen LogP contribution is -2.32. The fourth-order valence-electron chi connectivity index (χ4n) is 1.48. The van der Waals surface area contributed by atoms with Crippen LogP contribution < -0.4 is 5.32 Å². The van der Waals surface area contributed by atoms with Gasteiger partial charge >= 0.3 is 0 Å². The van der Waals surface area contributed by atoms with Gasteiger partial charge in [0, 0.05) is 19.7 Å². The van der Waals surface area contributed by atoms with Gasteiger partial charge in [-0.15, -0.1) is 0 Å². The van der Waals surface area contributed by atoms with Gasteiger partial charge in [-0.3, -0.25) is 0 Å². The van der Waals surface area contributed by atoms with Crippen molar-refractivity contribution in [1.82, 2.24) is 5.32 Å². The molecule has 5 heteroatoms. The standard InChI is InChI=1S/C14H25NO4/c1-12(2)9-17-7-5-15-8-13(16)10-18-11-14-4-3-6-19-14/h3-4,6,12-13,15-16H,5,7-11H2,1-2H3. The van der Waals surface area contributed by atoms with Gasteiger partial charge in [-0.25, -0.2) is 0 Å². The van der Waals surface area contributed by atoms with E-state index in [1.165, 1.54) is 0 Å². The predicted octanol–water partition coefficient (Wildman–Crippen LogP) is 1.42. The minimum Gasteiger partial charge on any atom is -0.467 e. The van der Waals surface area contributed by atoms with Crippen LogP contribution in [-0.2, 0) is 16.1 Å². The Hall–Kier alpha value is -0.880. The normalized spacial score (nSPS) is 13.1. The van der Waals surface area contributed by atoms with Crippen molar-refractivity contribution < 1.29 is 19.0 Å². The molecule has 0 aliphatic rings. The van der Waals surface area contributed by atoms with Crippen LogP contribution in [0.2, 0.25) is 0 Å². The fourth-order valence-corrected chi connectivity index (χ4v) is 1.48. The topological polar surface area (TPSA) is 63.9 Å². The van der Waals surface area contributed by atoms with Crippen molar-refractivity contribution in [2.75, 3.05) is 32.9 Å². The monoisotopic (exact) mass is 271 g/mol. The molecule has 0 spiro atoms. The summed E-state index contributed by atoms with van der Waals surface area (Å²) in [5.41, 5.74) is 0. The number of ether oxygens (including phenoxy) is 2. The Bertz CT molecular complexity index is 300. The first kappa shape index (κ1) is 16.2. The maximum absolute atomic E-state index is 9.66. The van der Waals surface area contributed by atoms with Crippen LogP contribution >= 0.6 is 0 Å². The van der Waals surface area contributed by atoms with E-state index in [-0.39, 0.29) is 0 Å². The van der Waals surface area contributed by atoms with Gasteiger partial charge in [0.25, 0.3) is 0 Å². The largest absolute Gasteiger partial charge is 0.467 e. The first-order chi connectivity index (χ1) is 9.18. The van der Waals surface area contributed by atoms with E-state index < -0.39 is 6.10 Å². The number of hydrogen-bond donors (Lipinski definition) is 2. The smallest absolute Gasteiger partial charge is 0.129 e. The molecule has 0 aromatic carbocycles. The molecule has 0 fully saturated rings. The minimum absolute atomic E-state index is 0.292. The summed E-state index contributed by atoms with van der Waals surface area (Å²) < 4.78 is 15.9. The highest BCUT2D eigenvalue weighted by Crippen LogP contribution is 2.01. The summed E-state index contributed by atoms with van der Waals surface area (Å²) >= 11 is 0. The molecule has 0 amide bonds. The van der Waals surface area contributed by atoms with Crippen LogP contribution in [0.15, 0.2) is 22.8 Å². The summed E-state index contributed by atoms with van der Waals surface area (Å²) in [5, 5.41) is 12.8. The van der Waals surface area contributed by atoms with Gasteiger partial charge in [0.2, 0.25) is 0 Å². The molecule has 0 aliphatic heterocycles. The summed E-state index contributed by atoms with van der Waals surface area (Å²) in [6.07, 6.45) is 1.09. The van der Waals surface area contributed by atoms with Crippen molar-refractivity contribution in [3.8, 4) is 0 Å². The summed E-state index contributed by atoms with van der Waals surface area (Å²) in [7, 11) is 0. The van der Waals surface area contributed by atoms with E-state index in [0.717, 1.165) is 18.9 Å². The zero-order valence-corrected chi connectivity index (χ0v) is 11.8. The zero-order valence-electron chi connectivity index (χ0n) is 11.8. The highest BCUT2D eigenvalue weighted by molar-refractivity contribution is 4.96. The van der Waals surface area contributed by atoms with E-state index in [9.17, 15) is 5.11 Å². The molecule has 1 heterocycles. The zero-order chi connectivity index (χ0) is 13.9. The van der Waals surface area contributed by atoms with Crippen LogP contribution in [-0.4, -0.2) is 44.1 Å². The predicted molar refractivity (Wildman–Crippen MR) is 72.9 cm³/mol. The van der Waals surface area contributed by atoms with Crippen molar-refractivity contribution in [2.24, 2.45) is 5.92 Å². The first-order valence-corrected chi connectivity index (χ1v) is 6.75. The minimum atomic E-state index is -0.514. The van der Waals surface area contributed by atoms with Gasteiger partial charge in [0.05, 0.1) is 25.6 Å². The van der Waals surface area contributed by atoms with E-state index in [2.05, 4.69) is 19.2 Å². The third kappa shape index (κ3) is 8.77. The van der Waals surface area contributed by atoms with E-state index in [1.54, 1.807) is 6.26 Å². The number of hydrogen-bond acceptors (Lipinski definition) is 5. The summed E-state index contributed by atoms with van der Waals surface area (Å²) in [5.74, 6) is 1.32. The molecule has 1 rings (SSSR count). The maximum Gasteiger partial charge on any atom is 0.129 e. The molecule has 1 aromatic rings. The van der Waals surface area contributed by atoms with E-state index in [1.807, 2.05) is 12.1 Å². The summed E-state index contributed by atoms with van der Waals surface area (Å²) in [6, 6.07) is 3.66. The summed E-state index contributed by atoms with van der Waals surface area (Å²) in [6.45, 7) is 7.60. The molecule has 0 bridgehead atoms. The van der Waals surface area contributed by atoms with Gasteiger partial charge in [-0.05, 0) is 18.1 Å². The second-order valence-corrected chi connectivity index (χ2v) is 4.92. The van der Waals surface area contributed by atoms with E-state index in [4.69, 9.17) is 13.9 Å². The molecule has 0 saturated heterocycles. The first-order valence-electron chi connectivity index (χ1n) is 6.75. The Labute approximate surface area is 114 Å². The quantitative estimate of drug-likeness (QED) is 0.596. The van der Waals surface area contributed by atoms with Crippen molar-refractivity contribution in [3.05, 3.63) is 24.2 Å². The van der Waals surface area contributed by atoms with Crippen LogP contribution in [0, 0.1) is 5.92 Å². The molecule has 0 radical (unpaired) electrons. The lowest BCUT2D eigenvalue weighted by atomic mass is 10.2. The Morgan fingerprint density at radius 2 is 2.16 bits per heavy atom. The van der Waals surface area contributed by atoms with Crippen LogP contribution in [0.1, 0.15) is 19.6 Å². The highest BCUT2D eigenvalue weighted by atomic mass is 16.5. The summed E-state index contributed by atoms with van der Waals surface area (Å²) in [4.78, 5) is 0. The lowest BCUT2D eigenvalue weighted by Gasteiger charge is -2.12. The molecule has 1 unspecified atom stereocenters. The van der Waals surface area contributed by atoms with Gasteiger partial charge in [-0.1, -0.05) is 13.8 Å². The SMILES string of the molecule is CC(C)COCCNCC(O)COCc1ccco1. The van der Waals surface area contributed by atoms with Gasteiger partial charge < -0.3 is 24.3 Å². The van der Waals surface area contributed by atoms with Crippen LogP contribution in [0.5, 0.6) is 0 Å². The molecule has 0 saturated carbocycles. The fraction of sp³-hybridized carbons (Fsp3) is 0.714. The number of nitrogens with one attached hydrogen (secondary N) is 1. The molecular weight excluding hydrogens is 246 g/mol. The molecule has 19 heavy (non-hydrogen) atoms. The third-order valence-corrected chi connectivity index (χ3v) is 2.39. The Kier molecular flexibility index (Phi) is 8.49.